The van der Waals surface area contributed by atoms with Crippen LogP contribution < -0.4 is 0 Å². The third-order valence-electron chi connectivity index (χ3n) is 6.18. The van der Waals surface area contributed by atoms with E-state index >= 15 is 0 Å². The summed E-state index contributed by atoms with van der Waals surface area (Å²) < 4.78 is 35.2. The minimum atomic E-state index is -0.601. The number of hydrogen-bond donors (Lipinski definition) is 0. The van der Waals surface area contributed by atoms with Gasteiger partial charge in [-0.1, -0.05) is 6.58 Å². The molecule has 0 radical (unpaired) electrons. The molecular weight excluding hydrogens is 380 g/mol. The van der Waals surface area contributed by atoms with E-state index in [9.17, 15) is 9.59 Å². The molecule has 2 heterocycles. The summed E-state index contributed by atoms with van der Waals surface area (Å²) in [7, 11) is 0. The summed E-state index contributed by atoms with van der Waals surface area (Å²) in [5, 5.41) is 0. The largest absolute Gasteiger partial charge is 0.463 e. The summed E-state index contributed by atoms with van der Waals surface area (Å²) in [4.78, 5) is 23.1. The lowest BCUT2D eigenvalue weighted by molar-refractivity contribution is -0.195. The second-order valence-electron chi connectivity index (χ2n) is 8.25. The minimum Gasteiger partial charge on any atom is -0.463 e. The van der Waals surface area contributed by atoms with Crippen molar-refractivity contribution in [2.24, 2.45) is 0 Å². The maximum absolute atomic E-state index is 12.0. The molecule has 2 saturated heterocycles. The van der Waals surface area contributed by atoms with Crippen LogP contribution in [0.3, 0.4) is 0 Å². The van der Waals surface area contributed by atoms with E-state index in [-0.39, 0.29) is 31.8 Å². The molecule has 0 aromatic heterocycles. The molecule has 8 heteroatoms. The standard InChI is InChI=1S/C21H30O8/c1-2-17(22)24-12-7-18(23)25-13-15-19(29-21(28-15)10-5-6-11-21)16-14-26-20(27-16)8-3-4-9-20/h2,15-16,19H,1,3-14H2. The summed E-state index contributed by atoms with van der Waals surface area (Å²) in [6, 6.07) is 0. The molecule has 2 aliphatic heterocycles. The molecule has 2 aliphatic carbocycles. The normalized spacial score (nSPS) is 32.1. The topological polar surface area (TPSA) is 89.5 Å². The summed E-state index contributed by atoms with van der Waals surface area (Å²) in [5.74, 6) is -2.09. The van der Waals surface area contributed by atoms with Gasteiger partial charge in [0.15, 0.2) is 11.6 Å². The van der Waals surface area contributed by atoms with E-state index in [0.717, 1.165) is 57.4 Å². The SMILES string of the molecule is C=CC(=O)OCCC(=O)OCC1OC2(CCCC2)OC1C1COC2(CCCC2)O1. The third-order valence-corrected chi connectivity index (χ3v) is 6.18. The highest BCUT2D eigenvalue weighted by molar-refractivity contribution is 5.81. The number of rotatable bonds is 7. The van der Waals surface area contributed by atoms with Gasteiger partial charge in [-0.3, -0.25) is 4.79 Å². The van der Waals surface area contributed by atoms with Crippen LogP contribution in [0.2, 0.25) is 0 Å². The molecule has 29 heavy (non-hydrogen) atoms. The quantitative estimate of drug-likeness (QED) is 0.467. The fraction of sp³-hybridized carbons (Fsp3) is 0.810. The molecule has 8 nitrogen and oxygen atoms in total. The van der Waals surface area contributed by atoms with Crippen LogP contribution >= 0.6 is 0 Å². The van der Waals surface area contributed by atoms with Gasteiger partial charge in [-0.2, -0.15) is 0 Å². The first-order valence-electron chi connectivity index (χ1n) is 10.7. The first-order chi connectivity index (χ1) is 14.0. The molecular formula is C21H30O8. The Bertz CT molecular complexity index is 620. The number of carbonyl (C=O) groups excluding carboxylic acids is 2. The zero-order chi connectivity index (χ0) is 20.3. The molecule has 162 valence electrons. The Labute approximate surface area is 170 Å². The molecule has 4 aliphatic rings. The van der Waals surface area contributed by atoms with Gasteiger partial charge in [0.2, 0.25) is 0 Å². The highest BCUT2D eigenvalue weighted by Crippen LogP contribution is 2.46. The van der Waals surface area contributed by atoms with Crippen molar-refractivity contribution in [3.05, 3.63) is 12.7 Å². The fourth-order valence-corrected chi connectivity index (χ4v) is 4.74. The van der Waals surface area contributed by atoms with Gasteiger partial charge in [0.05, 0.1) is 13.0 Å². The number of hydrogen-bond acceptors (Lipinski definition) is 8. The Kier molecular flexibility index (Phi) is 6.24. The predicted molar refractivity (Wildman–Crippen MR) is 99.7 cm³/mol. The van der Waals surface area contributed by atoms with Gasteiger partial charge in [0, 0.05) is 31.8 Å². The van der Waals surface area contributed by atoms with E-state index in [1.165, 1.54) is 0 Å². The van der Waals surface area contributed by atoms with Crippen molar-refractivity contribution >= 4 is 11.9 Å². The van der Waals surface area contributed by atoms with Crippen molar-refractivity contribution in [2.45, 2.75) is 87.7 Å². The summed E-state index contributed by atoms with van der Waals surface area (Å²) in [5.41, 5.74) is 0. The lowest BCUT2D eigenvalue weighted by Crippen LogP contribution is -2.41. The van der Waals surface area contributed by atoms with Crippen molar-refractivity contribution in [3.8, 4) is 0 Å². The van der Waals surface area contributed by atoms with Crippen LogP contribution in [-0.4, -0.2) is 61.6 Å². The Morgan fingerprint density at radius 3 is 2.34 bits per heavy atom. The van der Waals surface area contributed by atoms with E-state index < -0.39 is 29.6 Å². The van der Waals surface area contributed by atoms with Gasteiger partial charge >= 0.3 is 11.9 Å². The van der Waals surface area contributed by atoms with Crippen LogP contribution in [0, 0.1) is 0 Å². The van der Waals surface area contributed by atoms with Gasteiger partial charge < -0.3 is 28.4 Å². The summed E-state index contributed by atoms with van der Waals surface area (Å²) in [6.45, 7) is 3.81. The first kappa shape index (κ1) is 20.8. The Morgan fingerprint density at radius 1 is 0.966 bits per heavy atom. The van der Waals surface area contributed by atoms with Gasteiger partial charge in [0.1, 0.15) is 31.5 Å². The summed E-state index contributed by atoms with van der Waals surface area (Å²) >= 11 is 0. The van der Waals surface area contributed by atoms with Gasteiger partial charge in [-0.15, -0.1) is 0 Å². The highest BCUT2D eigenvalue weighted by Gasteiger charge is 2.56. The molecule has 2 saturated carbocycles. The molecule has 3 atom stereocenters. The van der Waals surface area contributed by atoms with E-state index in [1.54, 1.807) is 0 Å². The smallest absolute Gasteiger partial charge is 0.330 e. The first-order valence-corrected chi connectivity index (χ1v) is 10.7. The fourth-order valence-electron chi connectivity index (χ4n) is 4.74. The van der Waals surface area contributed by atoms with Crippen molar-refractivity contribution in [2.75, 3.05) is 19.8 Å². The van der Waals surface area contributed by atoms with Crippen LogP contribution in [0.1, 0.15) is 57.8 Å². The zero-order valence-electron chi connectivity index (χ0n) is 16.8. The second kappa shape index (κ2) is 8.71. The molecule has 4 fully saturated rings. The molecule has 0 bridgehead atoms. The van der Waals surface area contributed by atoms with Gasteiger partial charge in [0.25, 0.3) is 0 Å². The van der Waals surface area contributed by atoms with E-state index in [1.807, 2.05) is 0 Å². The number of esters is 2. The second-order valence-corrected chi connectivity index (χ2v) is 8.25. The molecule has 0 aromatic rings. The summed E-state index contributed by atoms with van der Waals surface area (Å²) in [6.07, 6.45) is 7.89. The van der Waals surface area contributed by atoms with Crippen LogP contribution in [-0.2, 0) is 38.0 Å². The maximum Gasteiger partial charge on any atom is 0.330 e. The lowest BCUT2D eigenvalue weighted by atomic mass is 10.1. The monoisotopic (exact) mass is 410 g/mol. The average molecular weight is 410 g/mol. The highest BCUT2D eigenvalue weighted by atomic mass is 16.8. The van der Waals surface area contributed by atoms with Gasteiger partial charge in [-0.25, -0.2) is 4.79 Å². The van der Waals surface area contributed by atoms with Crippen LogP contribution in [0.15, 0.2) is 12.7 Å². The Balaban J connectivity index is 1.33. The Hall–Kier alpha value is -1.48. The van der Waals surface area contributed by atoms with E-state index in [2.05, 4.69) is 6.58 Å². The van der Waals surface area contributed by atoms with Crippen molar-refractivity contribution in [1.82, 2.24) is 0 Å². The van der Waals surface area contributed by atoms with Crippen LogP contribution in [0.5, 0.6) is 0 Å². The van der Waals surface area contributed by atoms with Crippen LogP contribution in [0.4, 0.5) is 0 Å². The minimum absolute atomic E-state index is 0.0187. The molecule has 0 N–H and O–H groups in total. The van der Waals surface area contributed by atoms with E-state index in [0.29, 0.717) is 6.61 Å². The number of carbonyl (C=O) groups is 2. The van der Waals surface area contributed by atoms with Crippen LogP contribution in [0.25, 0.3) is 0 Å². The molecule has 2 spiro atoms. The van der Waals surface area contributed by atoms with Crippen molar-refractivity contribution in [3.63, 3.8) is 0 Å². The lowest BCUT2D eigenvalue weighted by Gasteiger charge is -2.26. The third kappa shape index (κ3) is 4.66. The van der Waals surface area contributed by atoms with Crippen molar-refractivity contribution < 1.29 is 38.0 Å². The molecule has 4 rings (SSSR count). The van der Waals surface area contributed by atoms with E-state index in [4.69, 9.17) is 28.4 Å². The predicted octanol–water partition coefficient (Wildman–Crippen LogP) is 2.39. The Morgan fingerprint density at radius 2 is 1.66 bits per heavy atom. The molecule has 0 amide bonds. The maximum atomic E-state index is 12.0. The van der Waals surface area contributed by atoms with Gasteiger partial charge in [-0.05, 0) is 25.7 Å². The zero-order valence-corrected chi connectivity index (χ0v) is 16.8. The average Bonchev–Trinajstić information content (AvgIpc) is 3.51. The molecule has 3 unspecified atom stereocenters. The molecule has 0 aromatic carbocycles. The number of ether oxygens (including phenoxy) is 6. The van der Waals surface area contributed by atoms with Crippen molar-refractivity contribution in [1.29, 1.82) is 0 Å².